The van der Waals surface area contributed by atoms with Gasteiger partial charge in [0.2, 0.25) is 0 Å². The van der Waals surface area contributed by atoms with E-state index in [9.17, 15) is 4.39 Å². The van der Waals surface area contributed by atoms with Crippen LogP contribution in [-0.2, 0) is 13.1 Å². The highest BCUT2D eigenvalue weighted by molar-refractivity contribution is 5.25. The van der Waals surface area contributed by atoms with Crippen molar-refractivity contribution in [1.82, 2.24) is 10.2 Å². The predicted octanol–water partition coefficient (Wildman–Crippen LogP) is 3.70. The number of rotatable bonds is 4. The van der Waals surface area contributed by atoms with Crippen molar-refractivity contribution in [1.29, 1.82) is 0 Å². The van der Waals surface area contributed by atoms with Gasteiger partial charge in [0.25, 0.3) is 0 Å². The van der Waals surface area contributed by atoms with Gasteiger partial charge < -0.3 is 5.32 Å². The van der Waals surface area contributed by atoms with Gasteiger partial charge in [0.05, 0.1) is 0 Å². The van der Waals surface area contributed by atoms with E-state index in [0.29, 0.717) is 5.41 Å². The maximum Gasteiger partial charge on any atom is 0.127 e. The van der Waals surface area contributed by atoms with E-state index in [1.165, 1.54) is 38.5 Å². The minimum Gasteiger partial charge on any atom is -0.316 e. The van der Waals surface area contributed by atoms with Crippen LogP contribution in [0.3, 0.4) is 0 Å². The Morgan fingerprint density at radius 1 is 1.14 bits per heavy atom. The molecule has 1 aliphatic carbocycles. The maximum absolute atomic E-state index is 14.0. The molecular weight excluding hydrogens is 263 g/mol. The molecule has 0 amide bonds. The Hall–Kier alpha value is -0.930. The lowest BCUT2D eigenvalue weighted by molar-refractivity contribution is 0.103. The number of nitrogens with zero attached hydrogens (tertiary/aromatic N) is 1. The van der Waals surface area contributed by atoms with Crippen LogP contribution in [0.4, 0.5) is 4.39 Å². The Labute approximate surface area is 127 Å². The van der Waals surface area contributed by atoms with E-state index in [2.05, 4.69) is 10.2 Å². The Kier molecular flexibility index (Phi) is 4.60. The van der Waals surface area contributed by atoms with Crippen LogP contribution < -0.4 is 5.32 Å². The van der Waals surface area contributed by atoms with Gasteiger partial charge in [-0.25, -0.2) is 4.39 Å². The summed E-state index contributed by atoms with van der Waals surface area (Å²) in [5.74, 6) is -0.0593. The topological polar surface area (TPSA) is 15.3 Å². The van der Waals surface area contributed by atoms with Gasteiger partial charge in [0.15, 0.2) is 0 Å². The van der Waals surface area contributed by atoms with Gasteiger partial charge in [-0.1, -0.05) is 25.0 Å². The molecule has 1 saturated heterocycles. The number of piperidine rings is 1. The summed E-state index contributed by atoms with van der Waals surface area (Å²) in [4.78, 5) is 2.44. The molecule has 2 nitrogen and oxygen atoms in total. The van der Waals surface area contributed by atoms with Gasteiger partial charge in [-0.2, -0.15) is 0 Å². The van der Waals surface area contributed by atoms with Gasteiger partial charge in [-0.3, -0.25) is 4.90 Å². The monoisotopic (exact) mass is 290 g/mol. The van der Waals surface area contributed by atoms with Crippen molar-refractivity contribution in [3.05, 3.63) is 35.1 Å². The summed E-state index contributed by atoms with van der Waals surface area (Å²) in [7, 11) is 1.93. The van der Waals surface area contributed by atoms with E-state index in [-0.39, 0.29) is 5.82 Å². The summed E-state index contributed by atoms with van der Waals surface area (Å²) < 4.78 is 14.0. The van der Waals surface area contributed by atoms with Gasteiger partial charge in [0.1, 0.15) is 5.82 Å². The normalized spacial score (nSPS) is 22.0. The summed E-state index contributed by atoms with van der Waals surface area (Å²) in [5.41, 5.74) is 2.66. The number of hydrogen-bond donors (Lipinski definition) is 1. The summed E-state index contributed by atoms with van der Waals surface area (Å²) >= 11 is 0. The molecule has 2 aliphatic rings. The molecule has 3 heteroatoms. The van der Waals surface area contributed by atoms with Crippen molar-refractivity contribution in [3.63, 3.8) is 0 Å². The second-order valence-corrected chi connectivity index (χ2v) is 6.94. The molecule has 0 atom stereocenters. The molecule has 21 heavy (non-hydrogen) atoms. The molecular formula is C18H27FN2. The Morgan fingerprint density at radius 2 is 1.86 bits per heavy atom. The summed E-state index contributed by atoms with van der Waals surface area (Å²) in [6, 6.07) is 5.51. The minimum atomic E-state index is -0.0593. The lowest BCUT2D eigenvalue weighted by atomic mass is 9.77. The Morgan fingerprint density at radius 3 is 2.52 bits per heavy atom. The van der Waals surface area contributed by atoms with Crippen molar-refractivity contribution in [3.8, 4) is 0 Å². The summed E-state index contributed by atoms with van der Waals surface area (Å²) in [6.45, 7) is 3.83. The molecule has 0 radical (unpaired) electrons. The summed E-state index contributed by atoms with van der Waals surface area (Å²) in [6.07, 6.45) is 8.30. The largest absolute Gasteiger partial charge is 0.316 e. The number of nitrogens with one attached hydrogen (secondary N) is 1. The van der Waals surface area contributed by atoms with E-state index >= 15 is 0 Å². The smallest absolute Gasteiger partial charge is 0.127 e. The van der Waals surface area contributed by atoms with Crippen LogP contribution in [0.5, 0.6) is 0 Å². The highest BCUT2D eigenvalue weighted by atomic mass is 19.1. The number of likely N-dealkylation sites (tertiary alicyclic amines) is 1. The lowest BCUT2D eigenvalue weighted by Gasteiger charge is -2.39. The number of benzene rings is 1. The van der Waals surface area contributed by atoms with E-state index in [4.69, 9.17) is 0 Å². The van der Waals surface area contributed by atoms with E-state index in [1.54, 1.807) is 6.07 Å². The Bertz CT molecular complexity index is 470. The fourth-order valence-electron chi connectivity index (χ4n) is 4.11. The lowest BCUT2D eigenvalue weighted by Crippen LogP contribution is -2.38. The molecule has 1 heterocycles. The zero-order chi connectivity index (χ0) is 14.7. The molecule has 1 aromatic rings. The number of hydrogen-bond acceptors (Lipinski definition) is 2. The van der Waals surface area contributed by atoms with Gasteiger partial charge in [-0.05, 0) is 62.9 Å². The van der Waals surface area contributed by atoms with Crippen molar-refractivity contribution in [2.45, 2.75) is 51.6 Å². The second kappa shape index (κ2) is 6.45. The third kappa shape index (κ3) is 3.46. The van der Waals surface area contributed by atoms with Crippen molar-refractivity contribution < 1.29 is 4.39 Å². The molecule has 0 unspecified atom stereocenters. The van der Waals surface area contributed by atoms with Crippen LogP contribution in [0.25, 0.3) is 0 Å². The van der Waals surface area contributed by atoms with Crippen molar-refractivity contribution >= 4 is 0 Å². The van der Waals surface area contributed by atoms with Gasteiger partial charge >= 0.3 is 0 Å². The van der Waals surface area contributed by atoms with Crippen LogP contribution in [0, 0.1) is 11.2 Å². The van der Waals surface area contributed by atoms with E-state index in [0.717, 1.165) is 37.3 Å². The fourth-order valence-corrected chi connectivity index (χ4v) is 4.11. The molecule has 3 rings (SSSR count). The number of halogens is 1. The molecule has 0 aromatic heterocycles. The van der Waals surface area contributed by atoms with Crippen molar-refractivity contribution in [2.24, 2.45) is 5.41 Å². The third-order valence-electron chi connectivity index (χ3n) is 5.47. The molecule has 1 spiro atoms. The SMILES string of the molecule is CNCc1ccc(F)c(CN2CCC3(CCCC3)CC2)c1. The fraction of sp³-hybridized carbons (Fsp3) is 0.667. The van der Waals surface area contributed by atoms with Crippen LogP contribution >= 0.6 is 0 Å². The van der Waals surface area contributed by atoms with Gasteiger partial charge in [-0.15, -0.1) is 0 Å². The molecule has 1 saturated carbocycles. The maximum atomic E-state index is 14.0. The quantitative estimate of drug-likeness (QED) is 0.909. The van der Waals surface area contributed by atoms with Gasteiger partial charge in [0, 0.05) is 18.7 Å². The first-order chi connectivity index (χ1) is 10.2. The first kappa shape index (κ1) is 15.0. The zero-order valence-corrected chi connectivity index (χ0v) is 13.1. The molecule has 0 bridgehead atoms. The molecule has 116 valence electrons. The van der Waals surface area contributed by atoms with Crippen LogP contribution in [0.2, 0.25) is 0 Å². The van der Waals surface area contributed by atoms with E-state index < -0.39 is 0 Å². The molecule has 1 N–H and O–H groups in total. The van der Waals surface area contributed by atoms with Crippen molar-refractivity contribution in [2.75, 3.05) is 20.1 Å². The Balaban J connectivity index is 1.61. The minimum absolute atomic E-state index is 0.0593. The first-order valence-electron chi connectivity index (χ1n) is 8.35. The van der Waals surface area contributed by atoms with E-state index in [1.807, 2.05) is 19.2 Å². The van der Waals surface area contributed by atoms with Crippen LogP contribution in [0.1, 0.15) is 49.7 Å². The molecule has 1 aliphatic heterocycles. The second-order valence-electron chi connectivity index (χ2n) is 6.94. The third-order valence-corrected chi connectivity index (χ3v) is 5.47. The molecule has 1 aromatic carbocycles. The molecule has 2 fully saturated rings. The summed E-state index contributed by atoms with van der Waals surface area (Å²) in [5, 5.41) is 3.13. The average molecular weight is 290 g/mol. The highest BCUT2D eigenvalue weighted by Crippen LogP contribution is 2.46. The predicted molar refractivity (Wildman–Crippen MR) is 84.6 cm³/mol. The standard InChI is InChI=1S/C18H27FN2/c1-20-13-15-4-5-17(19)16(12-15)14-21-10-8-18(9-11-21)6-2-3-7-18/h4-5,12,20H,2-3,6-11,13-14H2,1H3. The van der Waals surface area contributed by atoms with Crippen LogP contribution in [-0.4, -0.2) is 25.0 Å². The highest BCUT2D eigenvalue weighted by Gasteiger charge is 2.36. The zero-order valence-electron chi connectivity index (χ0n) is 13.1. The van der Waals surface area contributed by atoms with Crippen LogP contribution in [0.15, 0.2) is 18.2 Å². The average Bonchev–Trinajstić information content (AvgIpc) is 2.94. The first-order valence-corrected chi connectivity index (χ1v) is 8.35.